The van der Waals surface area contributed by atoms with Gasteiger partial charge in [0.05, 0.1) is 18.6 Å². The van der Waals surface area contributed by atoms with E-state index in [1.807, 2.05) is 12.1 Å². The third kappa shape index (κ3) is 18.3. The van der Waals surface area contributed by atoms with Crippen molar-refractivity contribution >= 4 is 104 Å². The summed E-state index contributed by atoms with van der Waals surface area (Å²) in [4.78, 5) is 151. The van der Waals surface area contributed by atoms with Crippen LogP contribution >= 0.6 is 21.6 Å². The normalized spacial score (nSPS) is 22.4. The molecule has 0 saturated carbocycles. The quantitative estimate of drug-likeness (QED) is 0.0152. The number of primary amides is 1. The molecule has 20 N–H and O–H groups in total. The number of imidazole rings is 1. The molecule has 0 bridgehead atoms. The van der Waals surface area contributed by atoms with Crippen molar-refractivity contribution in [3.8, 4) is 0 Å². The Balaban J connectivity index is 1.37. The second-order valence-corrected chi connectivity index (χ2v) is 21.5. The highest BCUT2D eigenvalue weighted by atomic mass is 33.1. The van der Waals surface area contributed by atoms with E-state index >= 15 is 0 Å². The Kier molecular flexibility index (Phi) is 22.7. The van der Waals surface area contributed by atoms with Crippen LogP contribution in [0.5, 0.6) is 0 Å². The van der Waals surface area contributed by atoms with Crippen LogP contribution in [0.25, 0.3) is 10.9 Å². The van der Waals surface area contributed by atoms with E-state index in [0.717, 1.165) is 37.4 Å². The number of amides is 11. The fourth-order valence-electron chi connectivity index (χ4n) is 8.70. The smallest absolute Gasteiger partial charge is 0.325 e. The van der Waals surface area contributed by atoms with Gasteiger partial charge in [0.2, 0.25) is 47.3 Å². The highest BCUT2D eigenvalue weighted by Gasteiger charge is 2.41. The van der Waals surface area contributed by atoms with Crippen molar-refractivity contribution in [3.05, 3.63) is 90.1 Å². The molecule has 0 unspecified atom stereocenters. The Labute approximate surface area is 472 Å². The van der Waals surface area contributed by atoms with Crippen molar-refractivity contribution in [1.29, 1.82) is 10.8 Å². The van der Waals surface area contributed by atoms with Crippen LogP contribution < -0.4 is 70.4 Å². The number of imide groups is 1. The summed E-state index contributed by atoms with van der Waals surface area (Å²) in [7, 11) is 1.91. The Morgan fingerprint density at radius 1 is 0.704 bits per heavy atom. The third-order valence-corrected chi connectivity index (χ3v) is 15.3. The molecule has 8 atom stereocenters. The molecule has 2 aromatic heterocycles. The maximum absolute atomic E-state index is 14.7. The first kappa shape index (κ1) is 61.3. The van der Waals surface area contributed by atoms with Crippen LogP contribution in [-0.4, -0.2) is 170 Å². The molecule has 0 aliphatic carbocycles. The zero-order valence-corrected chi connectivity index (χ0v) is 45.7. The van der Waals surface area contributed by atoms with Crippen molar-refractivity contribution in [2.45, 2.75) is 100 Å². The number of fused-ring (bicyclic) bond motifs is 1. The lowest BCUT2D eigenvalue weighted by Gasteiger charge is -2.28. The highest BCUT2D eigenvalue weighted by Crippen LogP contribution is 2.25. The van der Waals surface area contributed by atoms with Crippen LogP contribution in [0.4, 0.5) is 4.79 Å². The number of guanidine groups is 2. The number of aromatic amines is 2. The van der Waals surface area contributed by atoms with Gasteiger partial charge in [-0.1, -0.05) is 70.1 Å². The first-order valence-electron chi connectivity index (χ1n) is 25.8. The molecule has 6 rings (SSSR count). The number of nitrogens with zero attached hydrogens (tertiary/aromatic N) is 2. The van der Waals surface area contributed by atoms with Gasteiger partial charge in [-0.05, 0) is 49.8 Å². The predicted octanol–water partition coefficient (Wildman–Crippen LogP) is -3.34. The minimum absolute atomic E-state index is 0.0725. The van der Waals surface area contributed by atoms with Gasteiger partial charge in [-0.2, -0.15) is 0 Å². The fourth-order valence-corrected chi connectivity index (χ4v) is 11.0. The lowest BCUT2D eigenvalue weighted by atomic mass is 10.0. The highest BCUT2D eigenvalue weighted by molar-refractivity contribution is 8.76. The molecule has 29 nitrogen and oxygen atoms in total. The number of benzene rings is 2. The fraction of sp³-hybridized carbons (Fsp3) is 0.420. The average molecular weight is 1160 g/mol. The summed E-state index contributed by atoms with van der Waals surface area (Å²) in [6, 6.07) is 3.51. The Hall–Kier alpha value is -8.87. The third-order valence-electron chi connectivity index (χ3n) is 12.9. The first-order valence-corrected chi connectivity index (χ1v) is 28.2. The van der Waals surface area contributed by atoms with Crippen molar-refractivity contribution in [1.82, 2.24) is 73.0 Å². The molecule has 4 aromatic rings. The molecular weight excluding hydrogens is 1090 g/mol. The number of aromatic nitrogens is 3. The Morgan fingerprint density at radius 3 is 1.96 bits per heavy atom. The summed E-state index contributed by atoms with van der Waals surface area (Å²) in [5.41, 5.74) is 19.0. The van der Waals surface area contributed by atoms with E-state index in [4.69, 9.17) is 28.0 Å². The number of H-pyrrole nitrogens is 2. The molecule has 0 radical (unpaired) electrons. The number of rotatable bonds is 18. The summed E-state index contributed by atoms with van der Waals surface area (Å²) in [6.07, 6.45) is 4.12. The standard InChI is InChI=1S/C50H67N19O10S2/c1-26-41(72)64-35(19-29-21-56-25-61-29)45(76)65-33(17-27-9-3-2-4-10-27)43(74)63-32(13-7-15-57-48(52)53)42(73)66-34(18-28-20-59-31-12-6-5-11-30(28)31)44(75)67-36(40(51)71)23-80-81-24-37(46(77)62-26)68-47(78)38(14-8-16-58-49(54)55)69-39(70)22-60-50(69)79/h2-6,9-12,20-21,25-26,32-38,59H,7-8,13-19,22-24H2,1H3,(H2,51,71)(H,56,61)(H,60,79)(H,62,77)(H,63,74)(H,64,72)(H,65,76)(H,66,73)(H,67,75)(H,68,78)(H4,52,53,57)(H4,54,55,58)/t26-,32+,33-,34+,35+,36+,37+,38-/m1/s1. The number of carbonyl (C=O) groups excluding carboxylic acids is 10. The summed E-state index contributed by atoms with van der Waals surface area (Å²) >= 11 is 0. The number of nitrogens with one attached hydrogen (secondary N) is 14. The van der Waals surface area contributed by atoms with Crippen LogP contribution in [0.2, 0.25) is 0 Å². The van der Waals surface area contributed by atoms with E-state index in [1.54, 1.807) is 48.7 Å². The lowest BCUT2D eigenvalue weighted by molar-refractivity contribution is -0.137. The molecular formula is C50H67N19O10S2. The van der Waals surface area contributed by atoms with Gasteiger partial charge in [0.15, 0.2) is 11.9 Å². The zero-order chi connectivity index (χ0) is 58.6. The molecule has 2 aromatic carbocycles. The molecule has 4 heterocycles. The van der Waals surface area contributed by atoms with Crippen molar-refractivity contribution in [3.63, 3.8) is 0 Å². The summed E-state index contributed by atoms with van der Waals surface area (Å²) in [5.74, 6) is -9.04. The van der Waals surface area contributed by atoms with E-state index in [0.29, 0.717) is 16.8 Å². The number of hydrogen-bond donors (Lipinski definition) is 17. The topological polar surface area (TPSA) is 464 Å². The van der Waals surface area contributed by atoms with E-state index in [2.05, 4.69) is 68.1 Å². The van der Waals surface area contributed by atoms with Crippen LogP contribution in [0, 0.1) is 10.8 Å². The number of para-hydroxylation sites is 1. The summed E-state index contributed by atoms with van der Waals surface area (Å²) in [5, 5.41) is 42.1. The molecule has 2 aliphatic rings. The zero-order valence-electron chi connectivity index (χ0n) is 44.1. The largest absolute Gasteiger partial charge is 0.370 e. The average Bonchev–Trinajstić information content (AvgIpc) is 4.19. The van der Waals surface area contributed by atoms with Crippen molar-refractivity contribution in [2.24, 2.45) is 17.2 Å². The number of urea groups is 1. The second kappa shape index (κ2) is 29.9. The second-order valence-electron chi connectivity index (χ2n) is 19.0. The van der Waals surface area contributed by atoms with E-state index in [9.17, 15) is 47.9 Å². The molecule has 434 valence electrons. The van der Waals surface area contributed by atoms with Crippen molar-refractivity contribution in [2.75, 3.05) is 31.1 Å². The molecule has 2 fully saturated rings. The summed E-state index contributed by atoms with van der Waals surface area (Å²) < 4.78 is 0. The molecule has 0 spiro atoms. The van der Waals surface area contributed by atoms with Crippen LogP contribution in [0.1, 0.15) is 49.4 Å². The van der Waals surface area contributed by atoms with Crippen LogP contribution in [-0.2, 0) is 62.4 Å². The van der Waals surface area contributed by atoms with Gasteiger partial charge < -0.3 is 80.3 Å². The lowest BCUT2D eigenvalue weighted by Crippen LogP contribution is -2.61. The minimum Gasteiger partial charge on any atom is -0.370 e. The molecule has 11 amide bonds. The monoisotopic (exact) mass is 1160 g/mol. The maximum Gasteiger partial charge on any atom is 0.325 e. The van der Waals surface area contributed by atoms with Gasteiger partial charge in [0.1, 0.15) is 48.3 Å². The van der Waals surface area contributed by atoms with Gasteiger partial charge in [-0.25, -0.2) is 9.78 Å². The van der Waals surface area contributed by atoms with E-state index in [-0.39, 0.29) is 81.5 Å². The van der Waals surface area contributed by atoms with Gasteiger partial charge in [0, 0.05) is 67.2 Å². The molecule has 2 aliphatic heterocycles. The van der Waals surface area contributed by atoms with Gasteiger partial charge in [0.25, 0.3) is 5.91 Å². The molecule has 81 heavy (non-hydrogen) atoms. The van der Waals surface area contributed by atoms with E-state index in [1.165, 1.54) is 19.4 Å². The van der Waals surface area contributed by atoms with Gasteiger partial charge in [-0.3, -0.25) is 58.9 Å². The van der Waals surface area contributed by atoms with Crippen LogP contribution in [0.15, 0.2) is 73.3 Å². The van der Waals surface area contributed by atoms with E-state index < -0.39 is 114 Å². The number of hydrogen-bond acceptors (Lipinski definition) is 15. The molecule has 2 saturated heterocycles. The van der Waals surface area contributed by atoms with Crippen LogP contribution in [0.3, 0.4) is 0 Å². The van der Waals surface area contributed by atoms with Crippen molar-refractivity contribution < 1.29 is 47.9 Å². The van der Waals surface area contributed by atoms with Gasteiger partial charge >= 0.3 is 6.03 Å². The molecule has 31 heteroatoms. The SMILES string of the molecule is C[C@H]1NC(=O)[C@@H](NC(=O)[C@@H](CCCNC(=N)N)N2C(=O)CNC2=O)CSSC[C@@H](C(N)=O)NC(=O)[C@H](Cc2c[nH]c3ccccc23)NC(=O)[C@H](CCCNC(=N)N)NC(=O)[C@@H](Cc2ccccc2)NC(=O)[C@H](Cc2c[nH]cn2)NC1=O. The predicted molar refractivity (Wildman–Crippen MR) is 300 cm³/mol. The Morgan fingerprint density at radius 2 is 1.31 bits per heavy atom. The number of nitrogens with two attached hydrogens (primary N) is 3. The summed E-state index contributed by atoms with van der Waals surface area (Å²) in [6.45, 7) is 1.11. The number of carbonyl (C=O) groups is 10. The maximum atomic E-state index is 14.7. The van der Waals surface area contributed by atoms with Gasteiger partial charge in [-0.15, -0.1) is 0 Å². The first-order chi connectivity index (χ1) is 38.8. The minimum atomic E-state index is -1.52. The Bertz CT molecular complexity index is 2910.